The highest BCUT2D eigenvalue weighted by Crippen LogP contribution is 2.53. The van der Waals surface area contributed by atoms with Gasteiger partial charge < -0.3 is 9.84 Å². The van der Waals surface area contributed by atoms with E-state index in [-0.39, 0.29) is 6.42 Å². The molecule has 0 aromatic heterocycles. The van der Waals surface area contributed by atoms with Crippen molar-refractivity contribution in [2.75, 3.05) is 0 Å². The molecule has 3 atom stereocenters. The molecule has 178 valence electrons. The maximum absolute atomic E-state index is 13.6. The first-order chi connectivity index (χ1) is 15.4. The van der Waals surface area contributed by atoms with Crippen LogP contribution in [0.2, 0.25) is 0 Å². The summed E-state index contributed by atoms with van der Waals surface area (Å²) in [5, 5.41) is 10.4. The van der Waals surface area contributed by atoms with E-state index in [4.69, 9.17) is 4.74 Å². The Kier molecular flexibility index (Phi) is 6.77. The van der Waals surface area contributed by atoms with Gasteiger partial charge in [-0.1, -0.05) is 81.4 Å². The molecule has 1 amide bonds. The molecule has 0 spiro atoms. The number of rotatable bonds is 5. The minimum Gasteiger partial charge on any atom is -0.465 e. The second-order valence-corrected chi connectivity index (χ2v) is 9.32. The third-order valence-electron chi connectivity index (χ3n) is 6.26. The molecule has 1 heterocycles. The number of carbonyl (C=O) groups is 2. The van der Waals surface area contributed by atoms with Crippen molar-refractivity contribution in [1.29, 1.82) is 0 Å². The average Bonchev–Trinajstić information content (AvgIpc) is 2.73. The lowest BCUT2D eigenvalue weighted by Gasteiger charge is -2.56. The molecule has 1 saturated heterocycles. The van der Waals surface area contributed by atoms with Crippen LogP contribution in [0.25, 0.3) is 0 Å². The Labute approximate surface area is 191 Å². The zero-order valence-electron chi connectivity index (χ0n) is 18.8. The number of ether oxygens (including phenoxy) is 1. The second-order valence-electron chi connectivity index (χ2n) is 9.32. The van der Waals surface area contributed by atoms with Crippen LogP contribution in [0.5, 0.6) is 0 Å². The van der Waals surface area contributed by atoms with Gasteiger partial charge >= 0.3 is 18.2 Å². The number of halogens is 3. The number of hydrogen-bond donors (Lipinski definition) is 1. The highest BCUT2D eigenvalue weighted by atomic mass is 19.4. The van der Waals surface area contributed by atoms with Gasteiger partial charge in [0, 0.05) is 6.42 Å². The monoisotopic (exact) mass is 463 g/mol. The number of nitrogens with zero attached hydrogens (tertiary/aromatic N) is 1. The van der Waals surface area contributed by atoms with Crippen LogP contribution in [0, 0.1) is 5.41 Å². The van der Waals surface area contributed by atoms with Crippen LogP contribution in [0.15, 0.2) is 60.7 Å². The van der Waals surface area contributed by atoms with E-state index in [1.807, 2.05) is 0 Å². The molecule has 2 aromatic carbocycles. The minimum absolute atomic E-state index is 0.314. The average molecular weight is 463 g/mol. The lowest BCUT2D eigenvalue weighted by Crippen LogP contribution is -2.68. The molecule has 0 unspecified atom stereocenters. The Morgan fingerprint density at radius 1 is 1.00 bits per heavy atom. The van der Waals surface area contributed by atoms with E-state index < -0.39 is 54.2 Å². The van der Waals surface area contributed by atoms with E-state index in [1.54, 1.807) is 81.4 Å². The molecule has 5 nitrogen and oxygen atoms in total. The first-order valence-electron chi connectivity index (χ1n) is 10.8. The molecule has 0 aliphatic carbocycles. The summed E-state index contributed by atoms with van der Waals surface area (Å²) in [5.74, 6) is -0.833. The summed E-state index contributed by atoms with van der Waals surface area (Å²) < 4.78 is 44.8. The number of benzene rings is 2. The Hall–Kier alpha value is -3.03. The molecular formula is C25H28F3NO4. The Balaban J connectivity index is 2.20. The van der Waals surface area contributed by atoms with Crippen molar-refractivity contribution < 1.29 is 32.6 Å². The number of alkyl halides is 3. The van der Waals surface area contributed by atoms with Crippen LogP contribution in [0.1, 0.15) is 63.3 Å². The van der Waals surface area contributed by atoms with Gasteiger partial charge in [-0.15, -0.1) is 0 Å². The van der Waals surface area contributed by atoms with Gasteiger partial charge in [-0.3, -0.25) is 4.90 Å². The minimum atomic E-state index is -4.42. The summed E-state index contributed by atoms with van der Waals surface area (Å²) in [5.41, 5.74) is -1.66. The molecule has 33 heavy (non-hydrogen) atoms. The van der Waals surface area contributed by atoms with Crippen molar-refractivity contribution in [2.45, 2.75) is 63.9 Å². The van der Waals surface area contributed by atoms with Gasteiger partial charge in [0.1, 0.15) is 11.6 Å². The highest BCUT2D eigenvalue weighted by molar-refractivity contribution is 5.88. The van der Waals surface area contributed by atoms with Gasteiger partial charge in [-0.2, -0.15) is 13.2 Å². The molecule has 2 aromatic rings. The third kappa shape index (κ3) is 4.84. The highest BCUT2D eigenvalue weighted by Gasteiger charge is 2.63. The first-order valence-corrected chi connectivity index (χ1v) is 10.8. The number of carboxylic acid groups (broad SMARTS) is 1. The number of morpholine rings is 1. The standard InChI is InChI=1S/C25H28F3NO4/c1-23(2,3)24(15-10-16-25(26,27)28)21(30)33-20(18-13-8-5-9-14-18)19(29(24)22(31)32)17-11-6-4-7-12-17/h4-9,11-14,19-20H,10,15-16H2,1-3H3,(H,31,32)/t19-,20+,24+/m1/s1. The first kappa shape index (κ1) is 24.6. The number of carbonyl (C=O) groups excluding carboxylic acids is 1. The quantitative estimate of drug-likeness (QED) is 0.513. The Morgan fingerprint density at radius 2 is 1.52 bits per heavy atom. The summed E-state index contributed by atoms with van der Waals surface area (Å²) in [6.45, 7) is 4.97. The lowest BCUT2D eigenvalue weighted by atomic mass is 9.67. The van der Waals surface area contributed by atoms with Gasteiger partial charge in [0.15, 0.2) is 6.10 Å². The summed E-state index contributed by atoms with van der Waals surface area (Å²) in [6.07, 6.45) is -8.59. The van der Waals surface area contributed by atoms with E-state index in [9.17, 15) is 27.9 Å². The maximum Gasteiger partial charge on any atom is 0.408 e. The summed E-state index contributed by atoms with van der Waals surface area (Å²) in [7, 11) is 0. The fraction of sp³-hybridized carbons (Fsp3) is 0.440. The molecule has 1 aliphatic rings. The fourth-order valence-corrected chi connectivity index (χ4v) is 4.71. The molecule has 3 rings (SSSR count). The Bertz CT molecular complexity index is 973. The van der Waals surface area contributed by atoms with E-state index in [0.717, 1.165) is 4.90 Å². The number of hydrogen-bond acceptors (Lipinski definition) is 3. The molecule has 0 saturated carbocycles. The number of esters is 1. The van der Waals surface area contributed by atoms with E-state index in [0.29, 0.717) is 11.1 Å². The second kappa shape index (κ2) is 9.08. The zero-order chi connectivity index (χ0) is 24.4. The van der Waals surface area contributed by atoms with E-state index in [1.165, 1.54) is 0 Å². The van der Waals surface area contributed by atoms with Gasteiger partial charge in [0.05, 0.1) is 0 Å². The number of amides is 1. The molecule has 1 N–H and O–H groups in total. The van der Waals surface area contributed by atoms with Crippen molar-refractivity contribution in [3.8, 4) is 0 Å². The number of cyclic esters (lactones) is 1. The normalized spacial score (nSPS) is 23.8. The van der Waals surface area contributed by atoms with Gasteiger partial charge in [-0.25, -0.2) is 9.59 Å². The summed E-state index contributed by atoms with van der Waals surface area (Å²) in [6, 6.07) is 16.6. The van der Waals surface area contributed by atoms with E-state index >= 15 is 0 Å². The van der Waals surface area contributed by atoms with Crippen LogP contribution in [-0.2, 0) is 9.53 Å². The van der Waals surface area contributed by atoms with Crippen LogP contribution in [0.4, 0.5) is 18.0 Å². The fourth-order valence-electron chi connectivity index (χ4n) is 4.71. The smallest absolute Gasteiger partial charge is 0.408 e. The largest absolute Gasteiger partial charge is 0.465 e. The molecule has 0 radical (unpaired) electrons. The molecule has 0 bridgehead atoms. The summed E-state index contributed by atoms with van der Waals surface area (Å²) >= 11 is 0. The van der Waals surface area contributed by atoms with Crippen LogP contribution in [-0.4, -0.2) is 33.8 Å². The van der Waals surface area contributed by atoms with Crippen molar-refractivity contribution in [2.24, 2.45) is 5.41 Å². The van der Waals surface area contributed by atoms with Gasteiger partial charge in [-0.05, 0) is 29.4 Å². The third-order valence-corrected chi connectivity index (χ3v) is 6.26. The SMILES string of the molecule is CC(C)(C)[C@]1(CCCC(F)(F)F)C(=O)O[C@@H](c2ccccc2)[C@@H](c2ccccc2)N1C(=O)O. The van der Waals surface area contributed by atoms with Crippen molar-refractivity contribution in [1.82, 2.24) is 4.90 Å². The molecular weight excluding hydrogens is 435 g/mol. The summed E-state index contributed by atoms with van der Waals surface area (Å²) in [4.78, 5) is 27.4. The Morgan fingerprint density at radius 3 is 1.97 bits per heavy atom. The van der Waals surface area contributed by atoms with E-state index in [2.05, 4.69) is 0 Å². The molecule has 1 aliphatic heterocycles. The topological polar surface area (TPSA) is 66.8 Å². The predicted octanol–water partition coefficient (Wildman–Crippen LogP) is 6.52. The van der Waals surface area contributed by atoms with Crippen molar-refractivity contribution in [3.63, 3.8) is 0 Å². The van der Waals surface area contributed by atoms with Crippen molar-refractivity contribution >= 4 is 12.1 Å². The van der Waals surface area contributed by atoms with Crippen LogP contribution in [0.3, 0.4) is 0 Å². The molecule has 8 heteroatoms. The van der Waals surface area contributed by atoms with Crippen LogP contribution >= 0.6 is 0 Å². The zero-order valence-corrected chi connectivity index (χ0v) is 18.8. The maximum atomic E-state index is 13.6. The molecule has 1 fully saturated rings. The van der Waals surface area contributed by atoms with Gasteiger partial charge in [0.25, 0.3) is 0 Å². The van der Waals surface area contributed by atoms with Crippen LogP contribution < -0.4 is 0 Å². The van der Waals surface area contributed by atoms with Gasteiger partial charge in [0.2, 0.25) is 0 Å². The lowest BCUT2D eigenvalue weighted by molar-refractivity contribution is -0.201. The van der Waals surface area contributed by atoms with Crippen molar-refractivity contribution in [3.05, 3.63) is 71.8 Å². The predicted molar refractivity (Wildman–Crippen MR) is 116 cm³/mol.